The number of likely N-dealkylation sites (N-methyl/N-ethyl adjacent to an activating group) is 1. The number of phosphoric ester groups is 1. The number of amides is 1. The van der Waals surface area contributed by atoms with Gasteiger partial charge in [0, 0.05) is 12.8 Å². The molecule has 0 saturated carbocycles. The van der Waals surface area contributed by atoms with Gasteiger partial charge < -0.3 is 19.4 Å². The SMILES string of the molecule is CC/C=C\C/C=C\C/C=C\C/C=C\C/C=C\CCCCCCCCCCCCCC(=O)OC(/C=C/CCCCCCCCCCCCC)C(COP(=O)(O)OCC[N+](C)(C)C)NC(=O)CCCCCCCCCCCCCCCCCCCCCCC. The third-order valence-corrected chi connectivity index (χ3v) is 17.6. The number of esters is 1. The van der Waals surface area contributed by atoms with E-state index in [1.54, 1.807) is 0 Å². The molecule has 3 unspecified atom stereocenters. The summed E-state index contributed by atoms with van der Waals surface area (Å²) in [6, 6.07) is -0.851. The molecular formula is C77H144N2O7P+. The fraction of sp³-hybridized carbons (Fsp3) is 0.818. The first-order valence-corrected chi connectivity index (χ1v) is 38.8. The summed E-state index contributed by atoms with van der Waals surface area (Å²) in [7, 11) is 1.51. The van der Waals surface area contributed by atoms with Crippen LogP contribution >= 0.6 is 7.82 Å². The van der Waals surface area contributed by atoms with Gasteiger partial charge in [-0.2, -0.15) is 0 Å². The van der Waals surface area contributed by atoms with Crippen LogP contribution in [0.25, 0.3) is 0 Å². The van der Waals surface area contributed by atoms with Gasteiger partial charge in [-0.25, -0.2) is 4.57 Å². The van der Waals surface area contributed by atoms with Gasteiger partial charge in [-0.05, 0) is 76.7 Å². The Kier molecular flexibility index (Phi) is 64.4. The van der Waals surface area contributed by atoms with Crippen LogP contribution < -0.4 is 5.32 Å². The van der Waals surface area contributed by atoms with Crippen LogP contribution in [0.1, 0.15) is 355 Å². The van der Waals surface area contributed by atoms with Crippen LogP contribution in [0.4, 0.5) is 0 Å². The minimum atomic E-state index is -4.46. The molecule has 0 spiro atoms. The molecule has 0 saturated heterocycles. The monoisotopic (exact) mass is 1240 g/mol. The van der Waals surface area contributed by atoms with Gasteiger partial charge >= 0.3 is 13.8 Å². The largest absolute Gasteiger partial charge is 0.472 e. The molecule has 0 rings (SSSR count). The van der Waals surface area contributed by atoms with Crippen molar-refractivity contribution in [1.29, 1.82) is 0 Å². The molecule has 87 heavy (non-hydrogen) atoms. The summed E-state index contributed by atoms with van der Waals surface area (Å²) in [5, 5.41) is 3.08. The van der Waals surface area contributed by atoms with Crippen LogP contribution in [0, 0.1) is 0 Å². The summed E-state index contributed by atoms with van der Waals surface area (Å²) < 4.78 is 30.9. The number of phosphoric acid groups is 1. The van der Waals surface area contributed by atoms with Crippen LogP contribution in [0.2, 0.25) is 0 Å². The van der Waals surface area contributed by atoms with Gasteiger partial charge in [0.2, 0.25) is 5.91 Å². The van der Waals surface area contributed by atoms with E-state index in [1.165, 1.54) is 231 Å². The Morgan fingerprint density at radius 2 is 0.736 bits per heavy atom. The molecule has 0 aromatic carbocycles. The first-order chi connectivity index (χ1) is 42.4. The van der Waals surface area contributed by atoms with Gasteiger partial charge in [0.15, 0.2) is 0 Å². The van der Waals surface area contributed by atoms with Crippen molar-refractivity contribution < 1.29 is 37.3 Å². The second kappa shape index (κ2) is 66.4. The molecule has 0 aromatic heterocycles. The molecule has 508 valence electrons. The Morgan fingerprint density at radius 3 is 1.10 bits per heavy atom. The topological polar surface area (TPSA) is 111 Å². The smallest absolute Gasteiger partial charge is 0.456 e. The van der Waals surface area contributed by atoms with E-state index in [4.69, 9.17) is 13.8 Å². The predicted octanol–water partition coefficient (Wildman–Crippen LogP) is 23.9. The van der Waals surface area contributed by atoms with Gasteiger partial charge in [-0.3, -0.25) is 18.6 Å². The highest BCUT2D eigenvalue weighted by atomic mass is 31.2. The second-order valence-electron chi connectivity index (χ2n) is 26.4. The van der Waals surface area contributed by atoms with Crippen molar-refractivity contribution in [3.63, 3.8) is 0 Å². The average molecular weight is 1240 g/mol. The third kappa shape index (κ3) is 67.7. The Morgan fingerprint density at radius 1 is 0.414 bits per heavy atom. The van der Waals surface area contributed by atoms with Crippen molar-refractivity contribution in [3.8, 4) is 0 Å². The molecule has 0 radical (unpaired) electrons. The molecule has 9 nitrogen and oxygen atoms in total. The van der Waals surface area contributed by atoms with E-state index in [-0.39, 0.29) is 31.5 Å². The number of hydrogen-bond donors (Lipinski definition) is 2. The molecule has 3 atom stereocenters. The summed E-state index contributed by atoms with van der Waals surface area (Å²) in [5.41, 5.74) is 0. The predicted molar refractivity (Wildman–Crippen MR) is 378 cm³/mol. The number of ether oxygens (including phenoxy) is 1. The van der Waals surface area contributed by atoms with E-state index in [2.05, 4.69) is 86.8 Å². The van der Waals surface area contributed by atoms with Crippen LogP contribution in [-0.4, -0.2) is 74.3 Å². The van der Waals surface area contributed by atoms with Crippen molar-refractivity contribution >= 4 is 19.7 Å². The molecule has 2 N–H and O–H groups in total. The summed E-state index contributed by atoms with van der Waals surface area (Å²) in [6.07, 6.45) is 87.7. The molecule has 1 amide bonds. The number of carbonyl (C=O) groups is 2. The summed E-state index contributed by atoms with van der Waals surface area (Å²) in [5.74, 6) is -0.493. The number of quaternary nitrogens is 1. The van der Waals surface area contributed by atoms with Crippen molar-refractivity contribution in [1.82, 2.24) is 5.32 Å². The quantitative estimate of drug-likeness (QED) is 0.0205. The Hall–Kier alpha value is -2.55. The van der Waals surface area contributed by atoms with E-state index in [1.807, 2.05) is 33.3 Å². The maximum Gasteiger partial charge on any atom is 0.472 e. The van der Waals surface area contributed by atoms with Crippen LogP contribution in [0.5, 0.6) is 0 Å². The van der Waals surface area contributed by atoms with E-state index >= 15 is 0 Å². The van der Waals surface area contributed by atoms with Crippen LogP contribution in [-0.2, 0) is 27.9 Å². The number of carbonyl (C=O) groups excluding carboxylic acids is 2. The zero-order valence-corrected chi connectivity index (χ0v) is 59.2. The third-order valence-electron chi connectivity index (χ3n) is 16.7. The number of unbranched alkanes of at least 4 members (excludes halogenated alkanes) is 42. The minimum absolute atomic E-state index is 0.0402. The maximum atomic E-state index is 13.6. The second-order valence-corrected chi connectivity index (χ2v) is 27.9. The van der Waals surface area contributed by atoms with E-state index in [9.17, 15) is 19.0 Å². The first kappa shape index (κ1) is 84.5. The molecule has 0 aliphatic heterocycles. The Bertz CT molecular complexity index is 1720. The number of hydrogen-bond acceptors (Lipinski definition) is 6. The molecule has 0 bridgehead atoms. The highest BCUT2D eigenvalue weighted by Gasteiger charge is 2.30. The number of nitrogens with zero attached hydrogens (tertiary/aromatic N) is 1. The standard InChI is InChI=1S/C77H143N2O7P/c1-7-10-13-16-19-22-25-28-30-32-34-36-37-38-39-40-41-43-45-47-49-52-55-58-61-64-67-70-77(81)86-75(68-65-62-59-56-53-50-27-24-21-18-15-12-9-3)74(73-85-87(82,83)84-72-71-79(4,5)6)78-76(80)69-66-63-60-57-54-51-48-46-44-42-35-33-31-29-26-23-20-17-14-11-8-2/h10,13,19,22,28,30,34,36,38-39,65,68,74-75H,7-9,11-12,14-18,20-21,23-27,29,31-33,35,37,40-64,66-67,69-73H2,1-6H3,(H-,78,80,82,83)/p+1/b13-10-,22-19-,30-28-,36-34-,39-38-,68-65+. The summed E-state index contributed by atoms with van der Waals surface area (Å²) in [6.45, 7) is 6.95. The Labute approximate surface area is 540 Å². The number of rotatable bonds is 68. The van der Waals surface area contributed by atoms with E-state index < -0.39 is 20.0 Å². The maximum absolute atomic E-state index is 13.6. The lowest BCUT2D eigenvalue weighted by molar-refractivity contribution is -0.870. The van der Waals surface area contributed by atoms with Crippen LogP contribution in [0.15, 0.2) is 72.9 Å². The lowest BCUT2D eigenvalue weighted by Crippen LogP contribution is -2.47. The summed E-state index contributed by atoms with van der Waals surface area (Å²) in [4.78, 5) is 38.0. The van der Waals surface area contributed by atoms with E-state index in [0.29, 0.717) is 17.4 Å². The zero-order valence-electron chi connectivity index (χ0n) is 58.3. The fourth-order valence-corrected chi connectivity index (χ4v) is 11.7. The first-order valence-electron chi connectivity index (χ1n) is 37.3. The van der Waals surface area contributed by atoms with Gasteiger partial charge in [0.05, 0.1) is 33.8 Å². The molecule has 0 aromatic rings. The lowest BCUT2D eigenvalue weighted by atomic mass is 10.0. The van der Waals surface area contributed by atoms with Crippen molar-refractivity contribution in [3.05, 3.63) is 72.9 Å². The van der Waals surface area contributed by atoms with E-state index in [0.717, 1.165) is 89.9 Å². The number of allylic oxidation sites excluding steroid dienone is 11. The molecule has 0 aliphatic carbocycles. The average Bonchev–Trinajstić information content (AvgIpc) is 3.70. The number of nitrogens with one attached hydrogen (secondary N) is 1. The highest BCUT2D eigenvalue weighted by Crippen LogP contribution is 2.43. The molecule has 0 fully saturated rings. The normalized spacial score (nSPS) is 13.9. The zero-order chi connectivity index (χ0) is 63.5. The molecule has 0 aliphatic rings. The minimum Gasteiger partial charge on any atom is -0.456 e. The highest BCUT2D eigenvalue weighted by molar-refractivity contribution is 7.47. The van der Waals surface area contributed by atoms with Gasteiger partial charge in [-0.1, -0.05) is 338 Å². The summed E-state index contributed by atoms with van der Waals surface area (Å²) >= 11 is 0. The van der Waals surface area contributed by atoms with Gasteiger partial charge in [0.1, 0.15) is 19.3 Å². The van der Waals surface area contributed by atoms with Crippen molar-refractivity contribution in [2.75, 3.05) is 40.9 Å². The fourth-order valence-electron chi connectivity index (χ4n) is 11.0. The molecule has 10 heteroatoms. The van der Waals surface area contributed by atoms with Crippen LogP contribution in [0.3, 0.4) is 0 Å². The molecule has 0 heterocycles. The van der Waals surface area contributed by atoms with Gasteiger partial charge in [-0.15, -0.1) is 0 Å². The van der Waals surface area contributed by atoms with Crippen molar-refractivity contribution in [2.24, 2.45) is 0 Å². The van der Waals surface area contributed by atoms with Gasteiger partial charge in [0.25, 0.3) is 0 Å². The molecular weight excluding hydrogens is 1100 g/mol. The van der Waals surface area contributed by atoms with Crippen molar-refractivity contribution in [2.45, 2.75) is 367 Å². The Balaban J connectivity index is 5.04. The lowest BCUT2D eigenvalue weighted by Gasteiger charge is -2.27.